The van der Waals surface area contributed by atoms with E-state index in [0.717, 1.165) is 5.69 Å². The molecule has 6 heteroatoms. The number of esters is 1. The van der Waals surface area contributed by atoms with Crippen LogP contribution in [0.25, 0.3) is 0 Å². The van der Waals surface area contributed by atoms with Crippen molar-refractivity contribution in [2.75, 3.05) is 23.8 Å². The van der Waals surface area contributed by atoms with Gasteiger partial charge in [-0.25, -0.2) is 4.79 Å². The molecule has 0 aliphatic rings. The number of Topliss-reactive ketones (excluding diaryl/α,β-unsaturated/α-hetero) is 1. The van der Waals surface area contributed by atoms with Gasteiger partial charge in [0, 0.05) is 16.9 Å². The van der Waals surface area contributed by atoms with E-state index in [1.165, 1.54) is 6.92 Å². The first-order valence-corrected chi connectivity index (χ1v) is 7.91. The van der Waals surface area contributed by atoms with E-state index in [0.29, 0.717) is 23.4 Å². The van der Waals surface area contributed by atoms with Gasteiger partial charge in [-0.15, -0.1) is 0 Å². The Morgan fingerprint density at radius 2 is 1.44 bits per heavy atom. The minimum Gasteiger partial charge on any atom is -0.462 e. The molecule has 130 valence electrons. The number of benzene rings is 2. The highest BCUT2D eigenvalue weighted by Crippen LogP contribution is 2.12. The van der Waals surface area contributed by atoms with E-state index in [4.69, 9.17) is 4.74 Å². The molecule has 2 rings (SSSR count). The maximum Gasteiger partial charge on any atom is 0.338 e. The average molecular weight is 340 g/mol. The van der Waals surface area contributed by atoms with Gasteiger partial charge in [-0.3, -0.25) is 9.59 Å². The van der Waals surface area contributed by atoms with Crippen LogP contribution in [0.1, 0.15) is 34.6 Å². The Kier molecular flexibility index (Phi) is 6.28. The van der Waals surface area contributed by atoms with Crippen molar-refractivity contribution >= 4 is 29.0 Å². The summed E-state index contributed by atoms with van der Waals surface area (Å²) in [5.74, 6) is -0.619. The molecule has 0 radical (unpaired) electrons. The van der Waals surface area contributed by atoms with Crippen molar-refractivity contribution in [3.63, 3.8) is 0 Å². The van der Waals surface area contributed by atoms with Crippen molar-refractivity contribution in [3.8, 4) is 0 Å². The molecule has 0 bridgehead atoms. The topological polar surface area (TPSA) is 84.5 Å². The molecule has 0 spiro atoms. The smallest absolute Gasteiger partial charge is 0.338 e. The second kappa shape index (κ2) is 8.63. The highest BCUT2D eigenvalue weighted by atomic mass is 16.5. The number of hydrogen-bond donors (Lipinski definition) is 2. The number of carbonyl (C=O) groups is 3. The fourth-order valence-electron chi connectivity index (χ4n) is 2.11. The van der Waals surface area contributed by atoms with Gasteiger partial charge in [-0.05, 0) is 62.4 Å². The maximum atomic E-state index is 12.0. The number of amides is 1. The minimum absolute atomic E-state index is 0.00411. The van der Waals surface area contributed by atoms with E-state index >= 15 is 0 Å². The zero-order chi connectivity index (χ0) is 18.2. The van der Waals surface area contributed by atoms with E-state index in [1.807, 2.05) is 0 Å². The van der Waals surface area contributed by atoms with E-state index in [1.54, 1.807) is 55.5 Å². The fourth-order valence-corrected chi connectivity index (χ4v) is 2.11. The molecular formula is C19H20N2O4. The summed E-state index contributed by atoms with van der Waals surface area (Å²) in [4.78, 5) is 34.7. The molecule has 2 aromatic rings. The molecule has 1 amide bonds. The van der Waals surface area contributed by atoms with E-state index in [-0.39, 0.29) is 18.2 Å². The quantitative estimate of drug-likeness (QED) is 0.597. The van der Waals surface area contributed by atoms with E-state index < -0.39 is 5.97 Å². The summed E-state index contributed by atoms with van der Waals surface area (Å²) in [6.45, 7) is 3.64. The van der Waals surface area contributed by atoms with Gasteiger partial charge in [0.25, 0.3) is 0 Å². The molecule has 0 heterocycles. The largest absolute Gasteiger partial charge is 0.462 e. The predicted octanol–water partition coefficient (Wildman–Crippen LogP) is 3.12. The Morgan fingerprint density at radius 1 is 0.880 bits per heavy atom. The van der Waals surface area contributed by atoms with Crippen molar-refractivity contribution < 1.29 is 19.1 Å². The maximum absolute atomic E-state index is 12.0. The van der Waals surface area contributed by atoms with Crippen LogP contribution in [0.2, 0.25) is 0 Å². The highest BCUT2D eigenvalue weighted by Gasteiger charge is 2.07. The number of ether oxygens (including phenoxy) is 1. The van der Waals surface area contributed by atoms with Crippen LogP contribution in [0.5, 0.6) is 0 Å². The van der Waals surface area contributed by atoms with Gasteiger partial charge < -0.3 is 15.4 Å². The summed E-state index contributed by atoms with van der Waals surface area (Å²) in [6, 6.07) is 13.4. The average Bonchev–Trinajstić information content (AvgIpc) is 2.61. The molecule has 0 aromatic heterocycles. The van der Waals surface area contributed by atoms with Crippen LogP contribution in [0.4, 0.5) is 11.4 Å². The molecule has 2 N–H and O–H groups in total. The van der Waals surface area contributed by atoms with Crippen LogP contribution in [0.3, 0.4) is 0 Å². The van der Waals surface area contributed by atoms with Crippen molar-refractivity contribution in [1.29, 1.82) is 0 Å². The summed E-state index contributed by atoms with van der Waals surface area (Å²) >= 11 is 0. The van der Waals surface area contributed by atoms with Crippen LogP contribution in [-0.2, 0) is 9.53 Å². The molecule has 0 saturated carbocycles. The Balaban J connectivity index is 1.85. The SMILES string of the molecule is CCOC(=O)c1ccc(NC(=O)CNc2ccc(C(C)=O)cc2)cc1. The Morgan fingerprint density at radius 3 is 2.00 bits per heavy atom. The van der Waals surface area contributed by atoms with Crippen LogP contribution in [0.15, 0.2) is 48.5 Å². The third-order valence-corrected chi connectivity index (χ3v) is 3.42. The molecule has 0 unspecified atom stereocenters. The standard InChI is InChI=1S/C19H20N2O4/c1-3-25-19(24)15-6-10-17(11-7-15)21-18(23)12-20-16-8-4-14(5-9-16)13(2)22/h4-11,20H,3,12H2,1-2H3,(H,21,23). The second-order valence-electron chi connectivity index (χ2n) is 5.33. The summed E-state index contributed by atoms with van der Waals surface area (Å²) in [6.07, 6.45) is 0. The number of nitrogens with one attached hydrogen (secondary N) is 2. The first kappa shape index (κ1) is 18.2. The van der Waals surface area contributed by atoms with Gasteiger partial charge in [-0.2, -0.15) is 0 Å². The van der Waals surface area contributed by atoms with Crippen molar-refractivity contribution in [3.05, 3.63) is 59.7 Å². The Labute approximate surface area is 146 Å². The lowest BCUT2D eigenvalue weighted by Gasteiger charge is -2.09. The van der Waals surface area contributed by atoms with Crippen LogP contribution >= 0.6 is 0 Å². The Hall–Kier alpha value is -3.15. The molecule has 6 nitrogen and oxygen atoms in total. The predicted molar refractivity (Wildman–Crippen MR) is 96.0 cm³/mol. The number of ketones is 1. The van der Waals surface area contributed by atoms with Crippen molar-refractivity contribution in [1.82, 2.24) is 0 Å². The third kappa shape index (κ3) is 5.46. The van der Waals surface area contributed by atoms with Gasteiger partial charge in [0.15, 0.2) is 5.78 Å². The molecule has 0 aliphatic carbocycles. The number of anilines is 2. The molecule has 0 atom stereocenters. The van der Waals surface area contributed by atoms with Crippen LogP contribution < -0.4 is 10.6 Å². The van der Waals surface area contributed by atoms with Crippen molar-refractivity contribution in [2.45, 2.75) is 13.8 Å². The Bertz CT molecular complexity index is 752. The fraction of sp³-hybridized carbons (Fsp3) is 0.211. The monoisotopic (exact) mass is 340 g/mol. The normalized spacial score (nSPS) is 10.0. The molecule has 0 fully saturated rings. The molecule has 0 aliphatic heterocycles. The lowest BCUT2D eigenvalue weighted by molar-refractivity contribution is -0.114. The van der Waals surface area contributed by atoms with Crippen LogP contribution in [-0.4, -0.2) is 30.8 Å². The molecular weight excluding hydrogens is 320 g/mol. The van der Waals surface area contributed by atoms with Crippen LogP contribution in [0, 0.1) is 0 Å². The van der Waals surface area contributed by atoms with Crippen molar-refractivity contribution in [2.24, 2.45) is 0 Å². The van der Waals surface area contributed by atoms with Gasteiger partial charge in [0.1, 0.15) is 0 Å². The van der Waals surface area contributed by atoms with Gasteiger partial charge in [-0.1, -0.05) is 0 Å². The lowest BCUT2D eigenvalue weighted by Crippen LogP contribution is -2.21. The highest BCUT2D eigenvalue weighted by molar-refractivity contribution is 5.96. The zero-order valence-electron chi connectivity index (χ0n) is 14.2. The summed E-state index contributed by atoms with van der Waals surface area (Å²) in [5.41, 5.74) is 2.39. The molecule has 2 aromatic carbocycles. The van der Waals surface area contributed by atoms with Gasteiger partial charge in [0.2, 0.25) is 5.91 Å². The first-order chi connectivity index (χ1) is 12.0. The first-order valence-electron chi connectivity index (χ1n) is 7.91. The lowest BCUT2D eigenvalue weighted by atomic mass is 10.1. The van der Waals surface area contributed by atoms with E-state index in [2.05, 4.69) is 10.6 Å². The molecule has 0 saturated heterocycles. The minimum atomic E-state index is -0.393. The number of hydrogen-bond acceptors (Lipinski definition) is 5. The van der Waals surface area contributed by atoms with Gasteiger partial charge >= 0.3 is 5.97 Å². The summed E-state index contributed by atoms with van der Waals surface area (Å²) in [5, 5.41) is 5.71. The molecule has 25 heavy (non-hydrogen) atoms. The van der Waals surface area contributed by atoms with E-state index in [9.17, 15) is 14.4 Å². The number of rotatable bonds is 7. The summed E-state index contributed by atoms with van der Waals surface area (Å²) in [7, 11) is 0. The third-order valence-electron chi connectivity index (χ3n) is 3.42. The second-order valence-corrected chi connectivity index (χ2v) is 5.33. The summed E-state index contributed by atoms with van der Waals surface area (Å²) < 4.78 is 4.90. The van der Waals surface area contributed by atoms with Gasteiger partial charge in [0.05, 0.1) is 18.7 Å². The number of carbonyl (C=O) groups excluding carboxylic acids is 3. The zero-order valence-corrected chi connectivity index (χ0v) is 14.2.